The molecule has 162 valence electrons. The molecule has 0 unspecified atom stereocenters. The largest absolute Gasteiger partial charge is 0.463 e. The molecule has 1 fully saturated rings. The van der Waals surface area contributed by atoms with Crippen LogP contribution in [0.2, 0.25) is 5.02 Å². The number of carbonyl (C=O) groups excluding carboxylic acids is 2. The molecule has 8 nitrogen and oxygen atoms in total. The molecule has 1 aromatic carbocycles. The second-order valence-corrected chi connectivity index (χ2v) is 8.24. The summed E-state index contributed by atoms with van der Waals surface area (Å²) >= 11 is 6.33. The van der Waals surface area contributed by atoms with Crippen LogP contribution in [0.15, 0.2) is 47.1 Å². The smallest absolute Gasteiger partial charge is 0.256 e. The third-order valence-corrected chi connectivity index (χ3v) is 5.68. The van der Waals surface area contributed by atoms with E-state index in [0.29, 0.717) is 45.0 Å². The van der Waals surface area contributed by atoms with Gasteiger partial charge in [-0.05, 0) is 56.2 Å². The summed E-state index contributed by atoms with van der Waals surface area (Å²) in [6, 6.07) is 10.3. The average molecular weight is 450 g/mol. The van der Waals surface area contributed by atoms with E-state index in [1.165, 1.54) is 0 Å². The fraction of sp³-hybridized carbons (Fsp3) is 0.217. The van der Waals surface area contributed by atoms with Gasteiger partial charge in [-0.15, -0.1) is 0 Å². The summed E-state index contributed by atoms with van der Waals surface area (Å²) in [7, 11) is 1.78. The number of pyridine rings is 1. The van der Waals surface area contributed by atoms with Gasteiger partial charge in [0.1, 0.15) is 5.69 Å². The number of halogens is 1. The van der Waals surface area contributed by atoms with Gasteiger partial charge in [-0.3, -0.25) is 14.3 Å². The number of carbonyl (C=O) groups is 2. The molecule has 0 bridgehead atoms. The summed E-state index contributed by atoms with van der Waals surface area (Å²) in [4.78, 5) is 30.2. The summed E-state index contributed by atoms with van der Waals surface area (Å²) in [6.45, 7) is 1.83. The standard InChI is InChI=1S/C23H20ClN5O3/c1-12-20-16(11-18(19-4-3-9-32-19)27-21(20)29(2)28-12)23(31)26-14-7-8-15(17(24)10-14)22(30)25-13-5-6-13/h3-4,7-11,13H,5-6H2,1-2H3,(H,25,30)(H,26,31). The van der Waals surface area contributed by atoms with E-state index in [4.69, 9.17) is 16.0 Å². The molecule has 32 heavy (non-hydrogen) atoms. The first-order valence-corrected chi connectivity index (χ1v) is 10.6. The number of aryl methyl sites for hydroxylation is 2. The zero-order valence-corrected chi connectivity index (χ0v) is 18.2. The van der Waals surface area contributed by atoms with E-state index >= 15 is 0 Å². The van der Waals surface area contributed by atoms with E-state index in [2.05, 4.69) is 20.7 Å². The molecule has 9 heteroatoms. The lowest BCUT2D eigenvalue weighted by molar-refractivity contribution is 0.0950. The molecule has 2 amide bonds. The number of nitrogens with one attached hydrogen (secondary N) is 2. The van der Waals surface area contributed by atoms with Crippen molar-refractivity contribution in [1.82, 2.24) is 20.1 Å². The van der Waals surface area contributed by atoms with Crippen molar-refractivity contribution >= 4 is 40.1 Å². The number of amides is 2. The molecule has 1 aliphatic rings. The summed E-state index contributed by atoms with van der Waals surface area (Å²) in [5.41, 5.74) is 3.07. The molecular weight excluding hydrogens is 430 g/mol. The van der Waals surface area contributed by atoms with Crippen molar-refractivity contribution in [1.29, 1.82) is 0 Å². The Hall–Kier alpha value is -3.65. The number of furan rings is 1. The Morgan fingerprint density at radius 1 is 1.16 bits per heavy atom. The van der Waals surface area contributed by atoms with Crippen LogP contribution in [0.5, 0.6) is 0 Å². The van der Waals surface area contributed by atoms with Crippen molar-refractivity contribution in [2.24, 2.45) is 7.05 Å². The molecule has 1 saturated carbocycles. The van der Waals surface area contributed by atoms with Gasteiger partial charge in [-0.25, -0.2) is 4.98 Å². The van der Waals surface area contributed by atoms with Crippen molar-refractivity contribution in [3.63, 3.8) is 0 Å². The van der Waals surface area contributed by atoms with Gasteiger partial charge in [0, 0.05) is 18.8 Å². The van der Waals surface area contributed by atoms with Crippen molar-refractivity contribution < 1.29 is 14.0 Å². The second kappa shape index (κ2) is 7.80. The average Bonchev–Trinajstić information content (AvgIpc) is 3.30. The highest BCUT2D eigenvalue weighted by atomic mass is 35.5. The van der Waals surface area contributed by atoms with Gasteiger partial charge in [0.2, 0.25) is 0 Å². The summed E-state index contributed by atoms with van der Waals surface area (Å²) in [6.07, 6.45) is 3.54. The fourth-order valence-corrected chi connectivity index (χ4v) is 3.91. The molecule has 0 saturated heterocycles. The van der Waals surface area contributed by atoms with Gasteiger partial charge in [0.05, 0.1) is 33.5 Å². The maximum atomic E-state index is 13.3. The van der Waals surface area contributed by atoms with Crippen LogP contribution in [-0.4, -0.2) is 32.6 Å². The van der Waals surface area contributed by atoms with E-state index in [1.807, 2.05) is 6.92 Å². The molecule has 1 aliphatic carbocycles. The topological polar surface area (TPSA) is 102 Å². The predicted molar refractivity (Wildman–Crippen MR) is 121 cm³/mol. The van der Waals surface area contributed by atoms with Gasteiger partial charge in [-0.2, -0.15) is 5.10 Å². The van der Waals surface area contributed by atoms with Crippen LogP contribution in [0, 0.1) is 6.92 Å². The maximum Gasteiger partial charge on any atom is 0.256 e. The molecule has 2 N–H and O–H groups in total. The van der Waals surface area contributed by atoms with E-state index in [0.717, 1.165) is 12.8 Å². The summed E-state index contributed by atoms with van der Waals surface area (Å²) in [5, 5.41) is 11.1. The number of hydrogen-bond acceptors (Lipinski definition) is 5. The normalized spacial score (nSPS) is 13.3. The van der Waals surface area contributed by atoms with Gasteiger partial charge < -0.3 is 15.1 Å². The molecule has 3 aromatic heterocycles. The number of hydrogen-bond donors (Lipinski definition) is 2. The van der Waals surface area contributed by atoms with Crippen LogP contribution in [0.1, 0.15) is 39.3 Å². The fourth-order valence-electron chi connectivity index (χ4n) is 3.64. The molecular formula is C23H20ClN5O3. The van der Waals surface area contributed by atoms with Crippen LogP contribution >= 0.6 is 11.6 Å². The highest BCUT2D eigenvalue weighted by molar-refractivity contribution is 6.34. The minimum Gasteiger partial charge on any atom is -0.463 e. The lowest BCUT2D eigenvalue weighted by Crippen LogP contribution is -2.25. The van der Waals surface area contributed by atoms with Gasteiger partial charge in [0.15, 0.2) is 11.4 Å². The molecule has 5 rings (SSSR count). The van der Waals surface area contributed by atoms with E-state index < -0.39 is 0 Å². The van der Waals surface area contributed by atoms with Crippen LogP contribution in [0.4, 0.5) is 5.69 Å². The molecule has 3 heterocycles. The summed E-state index contributed by atoms with van der Waals surface area (Å²) in [5.74, 6) is 0.00160. The van der Waals surface area contributed by atoms with Gasteiger partial charge >= 0.3 is 0 Å². The number of fused-ring (bicyclic) bond motifs is 1. The number of aromatic nitrogens is 3. The third-order valence-electron chi connectivity index (χ3n) is 5.37. The first-order chi connectivity index (χ1) is 15.4. The summed E-state index contributed by atoms with van der Waals surface area (Å²) < 4.78 is 7.11. The highest BCUT2D eigenvalue weighted by Crippen LogP contribution is 2.29. The maximum absolute atomic E-state index is 13.3. The van der Waals surface area contributed by atoms with Crippen LogP contribution < -0.4 is 10.6 Å². The number of benzene rings is 1. The second-order valence-electron chi connectivity index (χ2n) is 7.84. The monoisotopic (exact) mass is 449 g/mol. The molecule has 0 atom stereocenters. The first-order valence-electron chi connectivity index (χ1n) is 10.2. The lowest BCUT2D eigenvalue weighted by Gasteiger charge is -2.11. The molecule has 0 spiro atoms. The third kappa shape index (κ3) is 3.73. The van der Waals surface area contributed by atoms with Crippen molar-refractivity contribution in [3.05, 3.63) is 64.5 Å². The highest BCUT2D eigenvalue weighted by Gasteiger charge is 2.25. The Balaban J connectivity index is 1.48. The minimum absolute atomic E-state index is 0.208. The zero-order valence-electron chi connectivity index (χ0n) is 17.5. The van der Waals surface area contributed by atoms with E-state index in [-0.39, 0.29) is 22.9 Å². The Bertz CT molecular complexity index is 1360. The molecule has 0 radical (unpaired) electrons. The molecule has 4 aromatic rings. The van der Waals surface area contributed by atoms with Gasteiger partial charge in [0.25, 0.3) is 11.8 Å². The lowest BCUT2D eigenvalue weighted by atomic mass is 10.1. The van der Waals surface area contributed by atoms with Crippen LogP contribution in [0.3, 0.4) is 0 Å². The Labute approximate surface area is 188 Å². The quantitative estimate of drug-likeness (QED) is 0.472. The van der Waals surface area contributed by atoms with Crippen molar-refractivity contribution in [3.8, 4) is 11.5 Å². The van der Waals surface area contributed by atoms with Crippen LogP contribution in [0.25, 0.3) is 22.5 Å². The number of nitrogens with zero attached hydrogens (tertiary/aromatic N) is 3. The Morgan fingerprint density at radius 3 is 2.66 bits per heavy atom. The van der Waals surface area contributed by atoms with Crippen LogP contribution in [-0.2, 0) is 7.05 Å². The Morgan fingerprint density at radius 2 is 1.97 bits per heavy atom. The van der Waals surface area contributed by atoms with Crippen molar-refractivity contribution in [2.75, 3.05) is 5.32 Å². The van der Waals surface area contributed by atoms with E-state index in [9.17, 15) is 9.59 Å². The molecule has 0 aliphatic heterocycles. The van der Waals surface area contributed by atoms with Crippen molar-refractivity contribution in [2.45, 2.75) is 25.8 Å². The number of anilines is 1. The minimum atomic E-state index is -0.340. The van der Waals surface area contributed by atoms with Gasteiger partial charge in [-0.1, -0.05) is 11.6 Å². The Kier molecular flexibility index (Phi) is 4.94. The zero-order chi connectivity index (χ0) is 22.4. The number of rotatable bonds is 5. The first kappa shape index (κ1) is 20.3. The SMILES string of the molecule is Cc1nn(C)c2nc(-c3ccco3)cc(C(=O)Nc3ccc(C(=O)NC4CC4)c(Cl)c3)c12. The van der Waals surface area contributed by atoms with E-state index in [1.54, 1.807) is 54.4 Å². The predicted octanol–water partition coefficient (Wildman–Crippen LogP) is 4.33.